The Morgan fingerprint density at radius 3 is 2.45 bits per heavy atom. The van der Waals surface area contributed by atoms with Crippen molar-refractivity contribution in [3.63, 3.8) is 0 Å². The van der Waals surface area contributed by atoms with E-state index in [1.54, 1.807) is 7.05 Å². The highest BCUT2D eigenvalue weighted by atomic mass is 79.9. The molecule has 0 radical (unpaired) electrons. The summed E-state index contributed by atoms with van der Waals surface area (Å²) >= 11 is 3.25. The van der Waals surface area contributed by atoms with Gasteiger partial charge in [0.2, 0.25) is 0 Å². The monoisotopic (exact) mass is 370 g/mol. The van der Waals surface area contributed by atoms with Crippen molar-refractivity contribution in [1.29, 1.82) is 0 Å². The second-order valence-corrected chi connectivity index (χ2v) is 6.53. The van der Waals surface area contributed by atoms with Gasteiger partial charge < -0.3 is 4.57 Å². The lowest BCUT2D eigenvalue weighted by molar-refractivity contribution is -0.117. The maximum Gasteiger partial charge on any atom is 0.332 e. The molecule has 0 unspecified atom stereocenters. The van der Waals surface area contributed by atoms with Crippen molar-refractivity contribution in [1.82, 2.24) is 18.7 Å². The van der Waals surface area contributed by atoms with Gasteiger partial charge in [-0.05, 0) is 35.2 Å². The number of hydrogen-bond acceptors (Lipinski definition) is 4. The molecule has 0 aliphatic carbocycles. The highest BCUT2D eigenvalue weighted by Gasteiger charge is 2.19. The van der Waals surface area contributed by atoms with E-state index in [9.17, 15) is 14.4 Å². The van der Waals surface area contributed by atoms with Gasteiger partial charge in [-0.15, -0.1) is 0 Å². The Kier molecular flexibility index (Phi) is 4.69. The molecule has 0 aliphatic rings. The molecule has 22 heavy (non-hydrogen) atoms. The average Bonchev–Trinajstić information content (AvgIpc) is 2.73. The second-order valence-electron chi connectivity index (χ2n) is 5.82. The Balaban J connectivity index is 2.76. The van der Waals surface area contributed by atoms with Gasteiger partial charge >= 0.3 is 5.69 Å². The van der Waals surface area contributed by atoms with Gasteiger partial charge in [-0.3, -0.25) is 18.7 Å². The third kappa shape index (κ3) is 2.92. The van der Waals surface area contributed by atoms with E-state index >= 15 is 0 Å². The summed E-state index contributed by atoms with van der Waals surface area (Å²) in [5, 5.41) is 0. The van der Waals surface area contributed by atoms with Crippen LogP contribution in [0.3, 0.4) is 0 Å². The van der Waals surface area contributed by atoms with Crippen molar-refractivity contribution in [3.8, 4) is 0 Å². The van der Waals surface area contributed by atoms with Crippen LogP contribution in [0.1, 0.15) is 27.2 Å². The SMILES string of the molecule is CC(=O)Cn1c(Br)nc2c1c(=O)n(CCC(C)C)c(=O)n2C. The summed E-state index contributed by atoms with van der Waals surface area (Å²) in [4.78, 5) is 40.7. The van der Waals surface area contributed by atoms with Gasteiger partial charge in [0.05, 0.1) is 6.54 Å². The minimum Gasteiger partial charge on any atom is -0.305 e. The van der Waals surface area contributed by atoms with Gasteiger partial charge in [-0.25, -0.2) is 9.78 Å². The quantitative estimate of drug-likeness (QED) is 0.742. The van der Waals surface area contributed by atoms with Crippen LogP contribution in [-0.2, 0) is 24.9 Å². The summed E-state index contributed by atoms with van der Waals surface area (Å²) in [7, 11) is 1.58. The number of imidazole rings is 1. The molecule has 0 saturated carbocycles. The van der Waals surface area contributed by atoms with Gasteiger partial charge in [-0.1, -0.05) is 13.8 Å². The van der Waals surface area contributed by atoms with Crippen molar-refractivity contribution >= 4 is 32.9 Å². The molecule has 120 valence electrons. The lowest BCUT2D eigenvalue weighted by atomic mass is 10.1. The summed E-state index contributed by atoms with van der Waals surface area (Å²) in [6, 6.07) is 0. The van der Waals surface area contributed by atoms with E-state index < -0.39 is 11.2 Å². The molecule has 0 N–H and O–H groups in total. The Hall–Kier alpha value is -1.70. The van der Waals surface area contributed by atoms with Crippen LogP contribution in [0, 0.1) is 5.92 Å². The number of carbonyl (C=O) groups excluding carboxylic acids is 1. The number of rotatable bonds is 5. The first-order chi connectivity index (χ1) is 10.2. The van der Waals surface area contributed by atoms with Crippen LogP contribution < -0.4 is 11.2 Å². The third-order valence-corrected chi connectivity index (χ3v) is 4.10. The van der Waals surface area contributed by atoms with E-state index in [1.807, 2.05) is 13.8 Å². The zero-order chi connectivity index (χ0) is 16.6. The van der Waals surface area contributed by atoms with Crippen molar-refractivity contribution in [2.24, 2.45) is 13.0 Å². The summed E-state index contributed by atoms with van der Waals surface area (Å²) < 4.78 is 4.43. The highest BCUT2D eigenvalue weighted by molar-refractivity contribution is 9.10. The number of aryl methyl sites for hydroxylation is 1. The number of ketones is 1. The molecule has 2 heterocycles. The molecule has 7 nitrogen and oxygen atoms in total. The highest BCUT2D eigenvalue weighted by Crippen LogP contribution is 2.16. The standard InChI is InChI=1S/C14H19BrN4O3/c1-8(2)5-6-18-12(21)10-11(17(4)14(18)22)16-13(15)19(10)7-9(3)20/h8H,5-7H2,1-4H3. The molecule has 0 bridgehead atoms. The van der Waals surface area contributed by atoms with Gasteiger partial charge in [0.15, 0.2) is 15.9 Å². The predicted octanol–water partition coefficient (Wildman–Crippen LogP) is 1.29. The first-order valence-electron chi connectivity index (χ1n) is 7.09. The van der Waals surface area contributed by atoms with Crippen LogP contribution >= 0.6 is 15.9 Å². The number of nitrogens with zero attached hydrogens (tertiary/aromatic N) is 4. The second kappa shape index (κ2) is 6.20. The zero-order valence-corrected chi connectivity index (χ0v) is 14.7. The molecule has 2 aromatic rings. The maximum atomic E-state index is 12.7. The number of carbonyl (C=O) groups is 1. The van der Waals surface area contributed by atoms with Crippen LogP contribution in [0.5, 0.6) is 0 Å². The van der Waals surface area contributed by atoms with Crippen LogP contribution in [0.2, 0.25) is 0 Å². The molecule has 0 aromatic carbocycles. The molecule has 0 aliphatic heterocycles. The van der Waals surface area contributed by atoms with Crippen molar-refractivity contribution in [3.05, 3.63) is 25.6 Å². The summed E-state index contributed by atoms with van der Waals surface area (Å²) in [6.07, 6.45) is 0.725. The van der Waals surface area contributed by atoms with Crippen molar-refractivity contribution in [2.45, 2.75) is 40.3 Å². The first-order valence-corrected chi connectivity index (χ1v) is 7.88. The molecule has 0 saturated heterocycles. The number of fused-ring (bicyclic) bond motifs is 1. The molecule has 0 spiro atoms. The van der Waals surface area contributed by atoms with E-state index in [4.69, 9.17) is 0 Å². The van der Waals surface area contributed by atoms with E-state index in [1.165, 1.54) is 20.6 Å². The van der Waals surface area contributed by atoms with Crippen molar-refractivity contribution in [2.75, 3.05) is 0 Å². The van der Waals surface area contributed by atoms with Crippen molar-refractivity contribution < 1.29 is 4.79 Å². The Morgan fingerprint density at radius 2 is 1.91 bits per heavy atom. The van der Waals surface area contributed by atoms with Crippen LogP contribution in [0.25, 0.3) is 11.2 Å². The molecule has 8 heteroatoms. The van der Waals surface area contributed by atoms with E-state index in [-0.39, 0.29) is 23.5 Å². The molecular weight excluding hydrogens is 352 g/mol. The fraction of sp³-hybridized carbons (Fsp3) is 0.571. The maximum absolute atomic E-state index is 12.7. The Morgan fingerprint density at radius 1 is 1.27 bits per heavy atom. The zero-order valence-electron chi connectivity index (χ0n) is 13.1. The smallest absolute Gasteiger partial charge is 0.305 e. The van der Waals surface area contributed by atoms with Gasteiger partial charge in [0.1, 0.15) is 5.78 Å². The van der Waals surface area contributed by atoms with Crippen LogP contribution in [0.15, 0.2) is 14.3 Å². The van der Waals surface area contributed by atoms with Crippen LogP contribution in [0.4, 0.5) is 0 Å². The summed E-state index contributed by atoms with van der Waals surface area (Å²) in [6.45, 7) is 5.89. The summed E-state index contributed by atoms with van der Waals surface area (Å²) in [5.41, 5.74) is -0.242. The Bertz CT molecular complexity index is 844. The fourth-order valence-corrected chi connectivity index (χ4v) is 2.77. The molecule has 0 atom stereocenters. The summed E-state index contributed by atoms with van der Waals surface area (Å²) in [5.74, 6) is 0.281. The number of Topliss-reactive ketones (excluding diaryl/α,β-unsaturated/α-hetero) is 1. The van der Waals surface area contributed by atoms with E-state index in [0.29, 0.717) is 17.2 Å². The largest absolute Gasteiger partial charge is 0.332 e. The van der Waals surface area contributed by atoms with Gasteiger partial charge in [0.25, 0.3) is 5.56 Å². The minimum absolute atomic E-state index is 0.0364. The molecule has 2 aromatic heterocycles. The van der Waals surface area contributed by atoms with E-state index in [0.717, 1.165) is 6.42 Å². The van der Waals surface area contributed by atoms with Gasteiger partial charge in [-0.2, -0.15) is 0 Å². The lowest BCUT2D eigenvalue weighted by Gasteiger charge is -2.10. The number of aromatic nitrogens is 4. The fourth-order valence-electron chi connectivity index (χ4n) is 2.30. The van der Waals surface area contributed by atoms with E-state index in [2.05, 4.69) is 20.9 Å². The normalized spacial score (nSPS) is 11.5. The number of halogens is 1. The predicted molar refractivity (Wildman–Crippen MR) is 87.1 cm³/mol. The average molecular weight is 371 g/mol. The molecular formula is C14H19BrN4O3. The third-order valence-electron chi connectivity index (χ3n) is 3.50. The number of hydrogen-bond donors (Lipinski definition) is 0. The van der Waals surface area contributed by atoms with Gasteiger partial charge in [0, 0.05) is 13.6 Å². The lowest BCUT2D eigenvalue weighted by Crippen LogP contribution is -2.40. The topological polar surface area (TPSA) is 78.9 Å². The first kappa shape index (κ1) is 16.7. The molecule has 0 fully saturated rings. The van der Waals surface area contributed by atoms with Crippen LogP contribution in [-0.4, -0.2) is 24.5 Å². The molecule has 0 amide bonds. The minimum atomic E-state index is -0.404. The molecule has 2 rings (SSSR count). The Labute approximate surface area is 135 Å².